The van der Waals surface area contributed by atoms with E-state index in [1.54, 1.807) is 7.11 Å². The summed E-state index contributed by atoms with van der Waals surface area (Å²) in [5.41, 5.74) is 5.19. The van der Waals surface area contributed by atoms with Gasteiger partial charge < -0.3 is 15.2 Å². The molecular weight excluding hydrogens is 350 g/mol. The first kappa shape index (κ1) is 18.2. The molecule has 0 aliphatic carbocycles. The zero-order valence-electron chi connectivity index (χ0n) is 15.7. The van der Waals surface area contributed by atoms with Gasteiger partial charge in [-0.05, 0) is 47.5 Å². The minimum Gasteiger partial charge on any atom is -0.497 e. The van der Waals surface area contributed by atoms with E-state index in [1.807, 2.05) is 48.8 Å². The first-order chi connectivity index (χ1) is 13.7. The van der Waals surface area contributed by atoms with Crippen molar-refractivity contribution in [3.8, 4) is 11.4 Å². The lowest BCUT2D eigenvalue weighted by Crippen LogP contribution is -2.21. The van der Waals surface area contributed by atoms with Crippen LogP contribution < -0.4 is 10.1 Å². The fourth-order valence-corrected chi connectivity index (χ4v) is 3.24. The second-order valence-corrected chi connectivity index (χ2v) is 6.69. The summed E-state index contributed by atoms with van der Waals surface area (Å²) in [6.45, 7) is 1.18. The number of imidazole rings is 1. The monoisotopic (exact) mass is 373 g/mol. The molecule has 2 N–H and O–H groups in total. The van der Waals surface area contributed by atoms with Gasteiger partial charge in [0.2, 0.25) is 0 Å². The second-order valence-electron chi connectivity index (χ2n) is 6.69. The minimum absolute atomic E-state index is 0.486. The van der Waals surface area contributed by atoms with Crippen LogP contribution in [0.5, 0.6) is 5.75 Å². The van der Waals surface area contributed by atoms with E-state index in [1.165, 1.54) is 0 Å². The molecule has 0 radical (unpaired) electrons. The van der Waals surface area contributed by atoms with Gasteiger partial charge in [-0.1, -0.05) is 36.4 Å². The topological polar surface area (TPSA) is 59.3 Å². The predicted molar refractivity (Wildman–Crippen MR) is 111 cm³/mol. The maximum atomic E-state index is 10.3. The Morgan fingerprint density at radius 3 is 2.50 bits per heavy atom. The molecule has 1 atom stereocenters. The quantitative estimate of drug-likeness (QED) is 0.516. The summed E-state index contributed by atoms with van der Waals surface area (Å²) in [5.74, 6) is 0.787. The van der Waals surface area contributed by atoms with Crippen molar-refractivity contribution in [3.05, 3.63) is 90.3 Å². The summed E-state index contributed by atoms with van der Waals surface area (Å²) >= 11 is 0. The van der Waals surface area contributed by atoms with Crippen LogP contribution in [0.4, 0.5) is 0 Å². The Kier molecular flexibility index (Phi) is 5.37. The molecule has 0 bridgehead atoms. The third-order valence-electron chi connectivity index (χ3n) is 4.84. The van der Waals surface area contributed by atoms with Crippen LogP contribution in [0.3, 0.4) is 0 Å². The fourth-order valence-electron chi connectivity index (χ4n) is 3.24. The lowest BCUT2D eigenvalue weighted by molar-refractivity contribution is 0.174. The highest BCUT2D eigenvalue weighted by molar-refractivity contribution is 5.77. The van der Waals surface area contributed by atoms with E-state index in [2.05, 4.69) is 45.2 Å². The number of aliphatic hydroxyl groups is 1. The Balaban J connectivity index is 1.35. The molecule has 0 spiro atoms. The Bertz CT molecular complexity index is 1040. The van der Waals surface area contributed by atoms with Crippen molar-refractivity contribution in [2.24, 2.45) is 0 Å². The molecule has 5 heteroatoms. The van der Waals surface area contributed by atoms with E-state index in [0.717, 1.165) is 33.6 Å². The van der Waals surface area contributed by atoms with Gasteiger partial charge >= 0.3 is 0 Å². The normalized spacial score (nSPS) is 12.2. The Labute approximate surface area is 164 Å². The smallest absolute Gasteiger partial charge is 0.118 e. The summed E-state index contributed by atoms with van der Waals surface area (Å²) in [4.78, 5) is 4.44. The van der Waals surface area contributed by atoms with Crippen LogP contribution >= 0.6 is 0 Å². The molecule has 0 aliphatic heterocycles. The molecule has 1 heterocycles. The van der Waals surface area contributed by atoms with Crippen molar-refractivity contribution >= 4 is 11.0 Å². The molecule has 0 fully saturated rings. The number of aromatic nitrogens is 2. The Morgan fingerprint density at radius 1 is 1.00 bits per heavy atom. The van der Waals surface area contributed by atoms with Gasteiger partial charge in [0.05, 0.1) is 24.2 Å². The van der Waals surface area contributed by atoms with Crippen LogP contribution in [-0.4, -0.2) is 28.3 Å². The molecule has 28 heavy (non-hydrogen) atoms. The van der Waals surface area contributed by atoms with Gasteiger partial charge in [0, 0.05) is 18.8 Å². The van der Waals surface area contributed by atoms with Crippen molar-refractivity contribution in [3.63, 3.8) is 0 Å². The molecule has 4 rings (SSSR count). The number of methoxy groups -OCH3 is 1. The number of rotatable bonds is 7. The van der Waals surface area contributed by atoms with E-state index >= 15 is 0 Å². The van der Waals surface area contributed by atoms with Gasteiger partial charge in [0.15, 0.2) is 0 Å². The third-order valence-corrected chi connectivity index (χ3v) is 4.84. The highest BCUT2D eigenvalue weighted by Crippen LogP contribution is 2.19. The summed E-state index contributed by atoms with van der Waals surface area (Å²) in [6, 6.07) is 23.9. The number of fused-ring (bicyclic) bond motifs is 1. The largest absolute Gasteiger partial charge is 0.497 e. The number of aliphatic hydroxyl groups excluding tert-OH is 1. The number of ether oxygens (including phenoxy) is 1. The summed E-state index contributed by atoms with van der Waals surface area (Å²) < 4.78 is 7.23. The van der Waals surface area contributed by atoms with Crippen LogP contribution in [-0.2, 0) is 6.54 Å². The maximum Gasteiger partial charge on any atom is 0.118 e. The lowest BCUT2D eigenvalue weighted by atomic mass is 10.1. The molecule has 142 valence electrons. The number of nitrogens with zero attached hydrogens (tertiary/aromatic N) is 2. The van der Waals surface area contributed by atoms with Crippen molar-refractivity contribution in [1.82, 2.24) is 14.9 Å². The van der Waals surface area contributed by atoms with Crippen molar-refractivity contribution in [2.45, 2.75) is 12.6 Å². The summed E-state index contributed by atoms with van der Waals surface area (Å²) in [7, 11) is 1.63. The van der Waals surface area contributed by atoms with E-state index in [4.69, 9.17) is 4.74 Å². The minimum atomic E-state index is -0.553. The fraction of sp³-hybridized carbons (Fsp3) is 0.174. The number of nitrogens with one attached hydrogen (secondary N) is 1. The van der Waals surface area contributed by atoms with Gasteiger partial charge in [0.1, 0.15) is 12.1 Å². The first-order valence-electron chi connectivity index (χ1n) is 9.29. The molecule has 0 aliphatic rings. The summed E-state index contributed by atoms with van der Waals surface area (Å²) in [6.07, 6.45) is 1.30. The highest BCUT2D eigenvalue weighted by Gasteiger charge is 2.08. The molecule has 1 unspecified atom stereocenters. The molecule has 3 aromatic carbocycles. The predicted octanol–water partition coefficient (Wildman–Crippen LogP) is 3.86. The van der Waals surface area contributed by atoms with E-state index < -0.39 is 6.10 Å². The Hall–Kier alpha value is -3.15. The molecule has 0 saturated heterocycles. The van der Waals surface area contributed by atoms with Crippen LogP contribution in [0.15, 0.2) is 79.1 Å². The number of para-hydroxylation sites is 2. The van der Waals surface area contributed by atoms with E-state index in [-0.39, 0.29) is 0 Å². The molecule has 4 aromatic rings. The highest BCUT2D eigenvalue weighted by atomic mass is 16.5. The Morgan fingerprint density at radius 2 is 1.75 bits per heavy atom. The number of hydrogen-bond acceptors (Lipinski definition) is 4. The van der Waals surface area contributed by atoms with Gasteiger partial charge in [-0.3, -0.25) is 4.57 Å². The number of benzene rings is 3. The van der Waals surface area contributed by atoms with Crippen molar-refractivity contribution in [1.29, 1.82) is 0 Å². The third kappa shape index (κ3) is 3.91. The van der Waals surface area contributed by atoms with Crippen LogP contribution in [0.2, 0.25) is 0 Å². The van der Waals surface area contributed by atoms with Crippen LogP contribution in [0, 0.1) is 0 Å². The van der Waals surface area contributed by atoms with Crippen molar-refractivity contribution < 1.29 is 9.84 Å². The molecule has 0 amide bonds. The van der Waals surface area contributed by atoms with E-state index in [0.29, 0.717) is 13.1 Å². The second kappa shape index (κ2) is 8.25. The average Bonchev–Trinajstić information content (AvgIpc) is 3.18. The average molecular weight is 373 g/mol. The van der Waals surface area contributed by atoms with Crippen molar-refractivity contribution in [2.75, 3.05) is 13.7 Å². The van der Waals surface area contributed by atoms with Crippen LogP contribution in [0.1, 0.15) is 17.2 Å². The molecule has 0 saturated carbocycles. The van der Waals surface area contributed by atoms with Gasteiger partial charge in [0.25, 0.3) is 0 Å². The molecular formula is C23H23N3O2. The molecule has 5 nitrogen and oxygen atoms in total. The zero-order chi connectivity index (χ0) is 19.3. The maximum absolute atomic E-state index is 10.3. The summed E-state index contributed by atoms with van der Waals surface area (Å²) in [5, 5.41) is 13.6. The van der Waals surface area contributed by atoms with Gasteiger partial charge in [-0.2, -0.15) is 0 Å². The first-order valence-corrected chi connectivity index (χ1v) is 9.29. The van der Waals surface area contributed by atoms with Gasteiger partial charge in [-0.25, -0.2) is 4.98 Å². The lowest BCUT2D eigenvalue weighted by Gasteiger charge is -2.13. The zero-order valence-corrected chi connectivity index (χ0v) is 15.7. The van der Waals surface area contributed by atoms with Crippen LogP contribution in [0.25, 0.3) is 16.7 Å². The van der Waals surface area contributed by atoms with Gasteiger partial charge in [-0.15, -0.1) is 0 Å². The number of hydrogen-bond donors (Lipinski definition) is 2. The van der Waals surface area contributed by atoms with E-state index in [9.17, 15) is 5.11 Å². The standard InChI is InChI=1S/C23H23N3O2/c1-28-20-12-8-18(9-13-20)23(27)15-24-14-17-6-10-19(11-7-17)26-16-25-21-4-2-3-5-22(21)26/h2-13,16,23-24,27H,14-15H2,1H3. The molecule has 1 aromatic heterocycles. The SMILES string of the molecule is COc1ccc(C(O)CNCc2ccc(-n3cnc4ccccc43)cc2)cc1.